The normalized spacial score (nSPS) is 19.1. The Labute approximate surface area is 107 Å². The van der Waals surface area contributed by atoms with E-state index in [0.29, 0.717) is 0 Å². The van der Waals surface area contributed by atoms with Gasteiger partial charge in [0.25, 0.3) is 0 Å². The topological polar surface area (TPSA) is 9.72 Å². The van der Waals surface area contributed by atoms with Gasteiger partial charge in [0.1, 0.15) is 12.0 Å². The number of hydrogen-bond donors (Lipinski definition) is 1. The van der Waals surface area contributed by atoms with Gasteiger partial charge >= 0.3 is 0 Å². The molecular formula is C12H18FN3S. The number of halogens is 1. The quantitative estimate of drug-likeness (QED) is 0.830. The molecule has 0 aliphatic carbocycles. The maximum absolute atomic E-state index is 13.2. The van der Waals surface area contributed by atoms with Crippen molar-refractivity contribution in [3.8, 4) is 0 Å². The summed E-state index contributed by atoms with van der Waals surface area (Å²) in [6.07, 6.45) is 0.148. The van der Waals surface area contributed by atoms with Crippen molar-refractivity contribution in [2.45, 2.75) is 13.1 Å². The highest BCUT2D eigenvalue weighted by atomic mass is 32.1. The van der Waals surface area contributed by atoms with Crippen molar-refractivity contribution < 1.29 is 4.39 Å². The molecule has 0 saturated carbocycles. The van der Waals surface area contributed by atoms with Gasteiger partial charge in [-0.25, -0.2) is 4.39 Å². The van der Waals surface area contributed by atoms with E-state index in [2.05, 4.69) is 29.5 Å². The number of likely N-dealkylation sites (N-methyl/N-ethyl adjacent to an activating group) is 1. The molecule has 1 unspecified atom stereocenters. The maximum Gasteiger partial charge on any atom is 0.125 e. The average Bonchev–Trinajstić information content (AvgIpc) is 2.50. The molecular weight excluding hydrogens is 237 g/mol. The summed E-state index contributed by atoms with van der Waals surface area (Å²) >= 11 is 4.43. The van der Waals surface area contributed by atoms with E-state index >= 15 is 0 Å². The van der Waals surface area contributed by atoms with Crippen LogP contribution in [0.2, 0.25) is 0 Å². The monoisotopic (exact) mass is 255 g/mol. The molecule has 3 nitrogen and oxygen atoms in total. The third kappa shape index (κ3) is 2.35. The van der Waals surface area contributed by atoms with Crippen LogP contribution in [0.15, 0.2) is 18.2 Å². The molecule has 0 N–H and O–H groups in total. The second-order valence-corrected chi connectivity index (χ2v) is 5.04. The fraction of sp³-hybridized carbons (Fsp3) is 0.500. The minimum atomic E-state index is -0.218. The van der Waals surface area contributed by atoms with Gasteiger partial charge < -0.3 is 9.80 Å². The van der Waals surface area contributed by atoms with Crippen LogP contribution >= 0.6 is 12.8 Å². The van der Waals surface area contributed by atoms with Crippen LogP contribution < -0.4 is 9.21 Å². The van der Waals surface area contributed by atoms with Gasteiger partial charge in [0.15, 0.2) is 0 Å². The van der Waals surface area contributed by atoms with E-state index < -0.39 is 0 Å². The smallest absolute Gasteiger partial charge is 0.125 e. The molecule has 1 aliphatic heterocycles. The zero-order chi connectivity index (χ0) is 12.6. The Hall–Kier alpha value is -0.940. The molecule has 0 spiro atoms. The minimum absolute atomic E-state index is 0.148. The van der Waals surface area contributed by atoms with E-state index in [-0.39, 0.29) is 12.0 Å². The highest BCUT2D eigenvalue weighted by Gasteiger charge is 2.31. The van der Waals surface area contributed by atoms with Crippen LogP contribution in [0.4, 0.5) is 15.8 Å². The van der Waals surface area contributed by atoms with Gasteiger partial charge in [-0.05, 0) is 33.2 Å². The van der Waals surface area contributed by atoms with Gasteiger partial charge in [-0.2, -0.15) is 0 Å². The lowest BCUT2D eigenvalue weighted by molar-refractivity contribution is 0.409. The molecule has 0 aromatic heterocycles. The summed E-state index contributed by atoms with van der Waals surface area (Å²) < 4.78 is 15.0. The van der Waals surface area contributed by atoms with Crippen LogP contribution in [0, 0.1) is 5.82 Å². The van der Waals surface area contributed by atoms with Crippen molar-refractivity contribution in [2.75, 3.05) is 36.4 Å². The predicted molar refractivity (Wildman–Crippen MR) is 73.2 cm³/mol. The number of anilines is 2. The number of hydrogen-bond acceptors (Lipinski definition) is 4. The van der Waals surface area contributed by atoms with Crippen LogP contribution in [-0.4, -0.2) is 38.3 Å². The third-order valence-electron chi connectivity index (χ3n) is 3.09. The lowest BCUT2D eigenvalue weighted by Gasteiger charge is -2.27. The Morgan fingerprint density at radius 2 is 2.06 bits per heavy atom. The largest absolute Gasteiger partial charge is 0.348 e. The predicted octanol–water partition coefficient (Wildman–Crippen LogP) is 2.20. The summed E-state index contributed by atoms with van der Waals surface area (Å²) in [6, 6.07) is 4.86. The van der Waals surface area contributed by atoms with Crippen LogP contribution in [0.3, 0.4) is 0 Å². The summed E-state index contributed by atoms with van der Waals surface area (Å²) in [5.74, 6) is -0.218. The van der Waals surface area contributed by atoms with Crippen LogP contribution in [0.1, 0.15) is 6.92 Å². The van der Waals surface area contributed by atoms with E-state index in [4.69, 9.17) is 0 Å². The minimum Gasteiger partial charge on any atom is -0.348 e. The van der Waals surface area contributed by atoms with E-state index in [1.54, 1.807) is 0 Å². The van der Waals surface area contributed by atoms with Gasteiger partial charge in [0, 0.05) is 19.2 Å². The molecule has 17 heavy (non-hydrogen) atoms. The maximum atomic E-state index is 13.2. The molecule has 1 aliphatic rings. The number of fused-ring (bicyclic) bond motifs is 1. The lowest BCUT2D eigenvalue weighted by Crippen LogP contribution is -2.40. The molecule has 1 aromatic carbocycles. The number of thiol groups is 1. The molecule has 1 atom stereocenters. The molecule has 94 valence electrons. The van der Waals surface area contributed by atoms with Crippen LogP contribution in [-0.2, 0) is 0 Å². The van der Waals surface area contributed by atoms with Crippen molar-refractivity contribution >= 4 is 24.2 Å². The second kappa shape index (κ2) is 4.74. The molecule has 0 radical (unpaired) electrons. The lowest BCUT2D eigenvalue weighted by atomic mass is 10.2. The molecule has 2 rings (SSSR count). The Bertz CT molecular complexity index is 411. The first-order chi connectivity index (χ1) is 8.00. The Morgan fingerprint density at radius 3 is 2.71 bits per heavy atom. The highest BCUT2D eigenvalue weighted by Crippen LogP contribution is 2.40. The summed E-state index contributed by atoms with van der Waals surface area (Å²) in [4.78, 5) is 4.37. The van der Waals surface area contributed by atoms with Gasteiger partial charge in [0.05, 0.1) is 11.4 Å². The fourth-order valence-electron chi connectivity index (χ4n) is 2.07. The standard InChI is InChI=1S/C12H18FN3S/c1-9-15(7-6-14(2)3)11-5-4-10(13)8-12(11)16(9)17/h4-5,8-9,17H,6-7H2,1-3H3. The van der Waals surface area contributed by atoms with E-state index in [1.807, 2.05) is 24.5 Å². The molecule has 0 bridgehead atoms. The zero-order valence-corrected chi connectivity index (χ0v) is 11.3. The summed E-state index contributed by atoms with van der Waals surface area (Å²) in [7, 11) is 4.09. The Balaban J connectivity index is 2.25. The van der Waals surface area contributed by atoms with Crippen LogP contribution in [0.25, 0.3) is 0 Å². The molecule has 1 heterocycles. The van der Waals surface area contributed by atoms with Crippen LogP contribution in [0.5, 0.6) is 0 Å². The molecule has 1 aromatic rings. The van der Waals surface area contributed by atoms with Crippen molar-refractivity contribution in [1.29, 1.82) is 0 Å². The van der Waals surface area contributed by atoms with Gasteiger partial charge in [0.2, 0.25) is 0 Å². The SMILES string of the molecule is CC1N(S)c2cc(F)ccc2N1CCN(C)C. The number of nitrogens with zero attached hydrogens (tertiary/aromatic N) is 3. The van der Waals surface area contributed by atoms with Crippen molar-refractivity contribution in [3.63, 3.8) is 0 Å². The van der Waals surface area contributed by atoms with Gasteiger partial charge in [-0.3, -0.25) is 4.31 Å². The molecule has 0 saturated heterocycles. The number of rotatable bonds is 3. The molecule has 0 fully saturated rings. The van der Waals surface area contributed by atoms with Gasteiger partial charge in [-0.15, -0.1) is 0 Å². The highest BCUT2D eigenvalue weighted by molar-refractivity contribution is 7.81. The van der Waals surface area contributed by atoms with E-state index in [9.17, 15) is 4.39 Å². The van der Waals surface area contributed by atoms with E-state index in [0.717, 1.165) is 24.5 Å². The summed E-state index contributed by atoms with van der Waals surface area (Å²) in [5, 5.41) is 0. The molecule has 5 heteroatoms. The first-order valence-electron chi connectivity index (χ1n) is 5.69. The summed E-state index contributed by atoms with van der Waals surface area (Å²) in [5.41, 5.74) is 1.90. The second-order valence-electron chi connectivity index (χ2n) is 4.61. The summed E-state index contributed by atoms with van der Waals surface area (Å²) in [6.45, 7) is 3.94. The Morgan fingerprint density at radius 1 is 1.35 bits per heavy atom. The number of benzene rings is 1. The van der Waals surface area contributed by atoms with Crippen molar-refractivity contribution in [1.82, 2.24) is 4.90 Å². The van der Waals surface area contributed by atoms with Crippen molar-refractivity contribution in [2.24, 2.45) is 0 Å². The Kier molecular flexibility index (Phi) is 3.49. The van der Waals surface area contributed by atoms with E-state index in [1.165, 1.54) is 12.1 Å². The average molecular weight is 255 g/mol. The third-order valence-corrected chi connectivity index (χ3v) is 3.64. The zero-order valence-electron chi connectivity index (χ0n) is 10.4. The fourth-order valence-corrected chi connectivity index (χ4v) is 2.36. The first-order valence-corrected chi connectivity index (χ1v) is 6.09. The first kappa shape index (κ1) is 12.5. The van der Waals surface area contributed by atoms with Gasteiger partial charge in [-0.1, -0.05) is 12.8 Å². The van der Waals surface area contributed by atoms with Crippen molar-refractivity contribution in [3.05, 3.63) is 24.0 Å². The molecule has 0 amide bonds.